The number of nitrogens with zero attached hydrogens (tertiary/aromatic N) is 1. The van der Waals surface area contributed by atoms with E-state index in [0.717, 1.165) is 33.7 Å². The number of anilines is 1. The molecule has 1 N–H and O–H groups in total. The predicted octanol–water partition coefficient (Wildman–Crippen LogP) is 4.62. The lowest BCUT2D eigenvalue weighted by atomic mass is 10.1. The van der Waals surface area contributed by atoms with Crippen LogP contribution in [-0.4, -0.2) is 11.5 Å². The molecule has 0 spiro atoms. The molecular weight excluding hydrogens is 320 g/mol. The predicted molar refractivity (Wildman–Crippen MR) is 97.1 cm³/mol. The molecule has 124 valence electrons. The maximum Gasteiger partial charge on any atom is 0.228 e. The van der Waals surface area contributed by atoms with Crippen LogP contribution in [0.4, 0.5) is 5.69 Å². The van der Waals surface area contributed by atoms with Crippen LogP contribution in [0.15, 0.2) is 53.4 Å². The number of thiocyanates is 1. The van der Waals surface area contributed by atoms with Crippen LogP contribution in [0.2, 0.25) is 0 Å². The van der Waals surface area contributed by atoms with Gasteiger partial charge in [-0.05, 0) is 74.5 Å². The fraction of sp³-hybridized carbons (Fsp3) is 0.263. The number of carbonyl (C=O) groups is 1. The molecular formula is C19H20N2O2S. The average molecular weight is 340 g/mol. The SMILES string of the molecule is CC(C)(C)Oc1ccc(CC(=O)Nc2ccc(SC#N)cc2)cc1. The van der Waals surface area contributed by atoms with Crippen molar-refractivity contribution in [2.75, 3.05) is 5.32 Å². The Morgan fingerprint density at radius 3 is 2.29 bits per heavy atom. The van der Waals surface area contributed by atoms with E-state index >= 15 is 0 Å². The minimum absolute atomic E-state index is 0.0832. The number of rotatable bonds is 5. The van der Waals surface area contributed by atoms with Crippen LogP contribution in [0.3, 0.4) is 0 Å². The Labute approximate surface area is 146 Å². The molecule has 0 heterocycles. The third kappa shape index (κ3) is 5.98. The Morgan fingerprint density at radius 2 is 1.75 bits per heavy atom. The quantitative estimate of drug-likeness (QED) is 0.637. The van der Waals surface area contributed by atoms with Crippen LogP contribution in [0.25, 0.3) is 0 Å². The number of nitrogens with one attached hydrogen (secondary N) is 1. The van der Waals surface area contributed by atoms with Crippen LogP contribution in [0.5, 0.6) is 5.75 Å². The van der Waals surface area contributed by atoms with Gasteiger partial charge in [-0.15, -0.1) is 0 Å². The second-order valence-corrected chi connectivity index (χ2v) is 7.16. The van der Waals surface area contributed by atoms with Crippen molar-refractivity contribution in [3.05, 3.63) is 54.1 Å². The summed E-state index contributed by atoms with van der Waals surface area (Å²) in [6.07, 6.45) is 0.296. The van der Waals surface area contributed by atoms with Gasteiger partial charge in [-0.1, -0.05) is 12.1 Å². The minimum atomic E-state index is -0.241. The lowest BCUT2D eigenvalue weighted by Gasteiger charge is -2.21. The molecule has 4 nitrogen and oxygen atoms in total. The molecule has 0 radical (unpaired) electrons. The summed E-state index contributed by atoms with van der Waals surface area (Å²) in [6, 6.07) is 14.7. The standard InChI is InChI=1S/C19H20N2O2S/c1-19(2,3)23-16-8-4-14(5-9-16)12-18(22)21-15-6-10-17(11-7-15)24-13-20/h4-11H,12H2,1-3H3,(H,21,22). The van der Waals surface area contributed by atoms with Crippen LogP contribution < -0.4 is 10.1 Å². The summed E-state index contributed by atoms with van der Waals surface area (Å²) in [5.74, 6) is 0.706. The lowest BCUT2D eigenvalue weighted by Crippen LogP contribution is -2.22. The summed E-state index contributed by atoms with van der Waals surface area (Å²) in [7, 11) is 0. The molecule has 0 fully saturated rings. The normalized spacial score (nSPS) is 10.8. The molecule has 2 aromatic carbocycles. The zero-order valence-electron chi connectivity index (χ0n) is 14.0. The second-order valence-electron chi connectivity index (χ2n) is 6.30. The topological polar surface area (TPSA) is 62.1 Å². The van der Waals surface area contributed by atoms with E-state index in [1.807, 2.05) is 62.6 Å². The van der Waals surface area contributed by atoms with E-state index in [0.29, 0.717) is 6.42 Å². The van der Waals surface area contributed by atoms with Crippen molar-refractivity contribution in [3.63, 3.8) is 0 Å². The summed E-state index contributed by atoms with van der Waals surface area (Å²) < 4.78 is 5.76. The first-order valence-electron chi connectivity index (χ1n) is 7.59. The second kappa shape index (κ2) is 7.89. The summed E-state index contributed by atoms with van der Waals surface area (Å²) in [5, 5.41) is 13.5. The van der Waals surface area contributed by atoms with Crippen LogP contribution >= 0.6 is 11.8 Å². The highest BCUT2D eigenvalue weighted by molar-refractivity contribution is 8.03. The Morgan fingerprint density at radius 1 is 1.12 bits per heavy atom. The number of hydrogen-bond donors (Lipinski definition) is 1. The highest BCUT2D eigenvalue weighted by atomic mass is 32.2. The van der Waals surface area contributed by atoms with E-state index in [1.54, 1.807) is 12.1 Å². The fourth-order valence-electron chi connectivity index (χ4n) is 2.08. The van der Waals surface area contributed by atoms with Gasteiger partial charge in [0, 0.05) is 10.6 Å². The van der Waals surface area contributed by atoms with Gasteiger partial charge in [-0.2, -0.15) is 5.26 Å². The molecule has 0 bridgehead atoms. The van der Waals surface area contributed by atoms with Crippen molar-refractivity contribution in [2.45, 2.75) is 37.7 Å². The van der Waals surface area contributed by atoms with Gasteiger partial charge in [0.25, 0.3) is 0 Å². The highest BCUT2D eigenvalue weighted by Gasteiger charge is 2.11. The summed E-state index contributed by atoms with van der Waals surface area (Å²) >= 11 is 1.09. The zero-order chi connectivity index (χ0) is 17.6. The smallest absolute Gasteiger partial charge is 0.228 e. The number of ether oxygens (including phenoxy) is 1. The largest absolute Gasteiger partial charge is 0.488 e. The van der Waals surface area contributed by atoms with Gasteiger partial charge >= 0.3 is 0 Å². The molecule has 2 aromatic rings. The number of thioether (sulfide) groups is 1. The van der Waals surface area contributed by atoms with Gasteiger partial charge in [-0.25, -0.2) is 0 Å². The van der Waals surface area contributed by atoms with Crippen molar-refractivity contribution in [2.24, 2.45) is 0 Å². The zero-order valence-corrected chi connectivity index (χ0v) is 14.8. The van der Waals surface area contributed by atoms with Gasteiger partial charge in [0.05, 0.1) is 6.42 Å². The molecule has 24 heavy (non-hydrogen) atoms. The molecule has 0 saturated heterocycles. The third-order valence-electron chi connectivity index (χ3n) is 3.01. The average Bonchev–Trinajstić information content (AvgIpc) is 2.50. The van der Waals surface area contributed by atoms with Crippen molar-refractivity contribution in [3.8, 4) is 11.2 Å². The monoisotopic (exact) mass is 340 g/mol. The van der Waals surface area contributed by atoms with E-state index in [2.05, 4.69) is 5.32 Å². The van der Waals surface area contributed by atoms with Gasteiger partial charge in [0.15, 0.2) is 0 Å². The van der Waals surface area contributed by atoms with Crippen molar-refractivity contribution >= 4 is 23.4 Å². The first-order valence-corrected chi connectivity index (χ1v) is 8.41. The van der Waals surface area contributed by atoms with Crippen molar-refractivity contribution < 1.29 is 9.53 Å². The molecule has 0 aromatic heterocycles. The molecule has 1 amide bonds. The van der Waals surface area contributed by atoms with E-state index in [4.69, 9.17) is 10.00 Å². The maximum atomic E-state index is 12.1. The molecule has 0 aliphatic rings. The fourth-order valence-corrected chi connectivity index (χ4v) is 2.46. The minimum Gasteiger partial charge on any atom is -0.488 e. The molecule has 2 rings (SSSR count). The van der Waals surface area contributed by atoms with Crippen LogP contribution in [0, 0.1) is 10.7 Å². The lowest BCUT2D eigenvalue weighted by molar-refractivity contribution is -0.115. The number of carbonyl (C=O) groups excluding carboxylic acids is 1. The van der Waals surface area contributed by atoms with Gasteiger partial charge < -0.3 is 10.1 Å². The van der Waals surface area contributed by atoms with E-state index < -0.39 is 0 Å². The Kier molecular flexibility index (Phi) is 5.88. The number of amides is 1. The third-order valence-corrected chi connectivity index (χ3v) is 3.61. The van der Waals surface area contributed by atoms with Crippen molar-refractivity contribution in [1.82, 2.24) is 0 Å². The number of hydrogen-bond acceptors (Lipinski definition) is 4. The first kappa shape index (κ1) is 17.9. The summed E-state index contributed by atoms with van der Waals surface area (Å²) in [6.45, 7) is 5.98. The van der Waals surface area contributed by atoms with E-state index in [1.165, 1.54) is 0 Å². The molecule has 0 aliphatic carbocycles. The van der Waals surface area contributed by atoms with E-state index in [9.17, 15) is 4.79 Å². The van der Waals surface area contributed by atoms with Crippen molar-refractivity contribution in [1.29, 1.82) is 5.26 Å². The van der Waals surface area contributed by atoms with Crippen LogP contribution in [-0.2, 0) is 11.2 Å². The van der Waals surface area contributed by atoms with Gasteiger partial charge in [-0.3, -0.25) is 4.79 Å². The summed E-state index contributed by atoms with van der Waals surface area (Å²) in [5.41, 5.74) is 1.40. The first-order chi connectivity index (χ1) is 11.4. The maximum absolute atomic E-state index is 12.1. The van der Waals surface area contributed by atoms with Crippen LogP contribution in [0.1, 0.15) is 26.3 Å². The van der Waals surface area contributed by atoms with Gasteiger partial charge in [0.1, 0.15) is 16.8 Å². The van der Waals surface area contributed by atoms with E-state index in [-0.39, 0.29) is 11.5 Å². The Hall–Kier alpha value is -2.45. The Bertz CT molecular complexity index is 726. The highest BCUT2D eigenvalue weighted by Crippen LogP contribution is 2.20. The Balaban J connectivity index is 1.91. The molecule has 0 saturated carbocycles. The molecule has 0 unspecified atom stereocenters. The molecule has 0 atom stereocenters. The number of nitriles is 1. The number of benzene rings is 2. The van der Waals surface area contributed by atoms with Gasteiger partial charge in [0.2, 0.25) is 5.91 Å². The molecule has 0 aliphatic heterocycles. The summed E-state index contributed by atoms with van der Waals surface area (Å²) in [4.78, 5) is 13.0. The molecule has 5 heteroatoms.